The Morgan fingerprint density at radius 1 is 0.897 bits per heavy atom. The normalized spacial score (nSPS) is 34.2. The molecule has 146 valence electrons. The molecule has 2 aromatic heterocycles. The van der Waals surface area contributed by atoms with Crippen LogP contribution in [-0.2, 0) is 0 Å². The Kier molecular flexibility index (Phi) is 2.80. The Labute approximate surface area is 171 Å². The third-order valence-corrected chi connectivity index (χ3v) is 9.67. The topological polar surface area (TPSA) is 31.6 Å². The number of para-hydroxylation sites is 2. The average molecular weight is 381 g/mol. The molecule has 2 fully saturated rings. The van der Waals surface area contributed by atoms with Gasteiger partial charge in [0.2, 0.25) is 0 Å². The van der Waals surface area contributed by atoms with Gasteiger partial charge in [0.05, 0.1) is 0 Å². The van der Waals surface area contributed by atoms with Crippen LogP contribution in [0.4, 0.5) is 0 Å². The number of H-pyrrole nitrogens is 2. The lowest BCUT2D eigenvalue weighted by atomic mass is 9.62. The van der Waals surface area contributed by atoms with Crippen molar-refractivity contribution in [2.75, 3.05) is 0 Å². The number of nitrogens with one attached hydrogen (secondary N) is 2. The number of hydrogen-bond donors (Lipinski definition) is 2. The molecule has 2 nitrogen and oxygen atoms in total. The van der Waals surface area contributed by atoms with Gasteiger partial charge in [-0.1, -0.05) is 57.2 Å². The van der Waals surface area contributed by atoms with E-state index in [0.29, 0.717) is 28.6 Å². The van der Waals surface area contributed by atoms with Crippen LogP contribution in [0.25, 0.3) is 21.8 Å². The molecule has 2 saturated carbocycles. The van der Waals surface area contributed by atoms with Gasteiger partial charge in [-0.3, -0.25) is 0 Å². The lowest BCUT2D eigenvalue weighted by molar-refractivity contribution is 0.0943. The van der Waals surface area contributed by atoms with E-state index in [2.05, 4.69) is 85.5 Å². The maximum absolute atomic E-state index is 3.91. The van der Waals surface area contributed by atoms with Crippen LogP contribution in [0, 0.1) is 22.7 Å². The zero-order valence-electron chi connectivity index (χ0n) is 17.4. The number of aromatic nitrogens is 2. The Balaban J connectivity index is 1.56. The van der Waals surface area contributed by atoms with Crippen LogP contribution < -0.4 is 0 Å². The predicted octanol–water partition coefficient (Wildman–Crippen LogP) is 6.95. The first-order valence-corrected chi connectivity index (χ1v) is 11.2. The van der Waals surface area contributed by atoms with Crippen LogP contribution in [0.1, 0.15) is 62.3 Å². The molecule has 3 aliphatic rings. The lowest BCUT2D eigenvalue weighted by Crippen LogP contribution is -2.35. The van der Waals surface area contributed by atoms with Gasteiger partial charge in [-0.25, -0.2) is 0 Å². The molecule has 2 aromatic carbocycles. The fraction of sp³-hybridized carbons (Fsp3) is 0.407. The molecular formula is C27H28N2. The highest BCUT2D eigenvalue weighted by atomic mass is 14.8. The van der Waals surface area contributed by atoms with E-state index in [4.69, 9.17) is 0 Å². The maximum atomic E-state index is 3.91. The molecule has 0 unspecified atom stereocenters. The molecule has 2 heteroatoms. The highest BCUT2D eigenvalue weighted by Gasteiger charge is 2.70. The van der Waals surface area contributed by atoms with Crippen molar-refractivity contribution in [1.82, 2.24) is 9.97 Å². The van der Waals surface area contributed by atoms with Gasteiger partial charge >= 0.3 is 0 Å². The predicted molar refractivity (Wildman–Crippen MR) is 119 cm³/mol. The van der Waals surface area contributed by atoms with Crippen molar-refractivity contribution in [3.8, 4) is 0 Å². The Hall–Kier alpha value is -2.48. The van der Waals surface area contributed by atoms with Crippen molar-refractivity contribution in [2.24, 2.45) is 22.7 Å². The van der Waals surface area contributed by atoms with E-state index >= 15 is 0 Å². The minimum atomic E-state index is 0.381. The van der Waals surface area contributed by atoms with Crippen molar-refractivity contribution in [2.45, 2.75) is 45.4 Å². The summed E-state index contributed by atoms with van der Waals surface area (Å²) in [5.41, 5.74) is 7.98. The molecule has 7 rings (SSSR count). The first-order valence-electron chi connectivity index (χ1n) is 11.2. The third-order valence-electron chi connectivity index (χ3n) is 9.67. The van der Waals surface area contributed by atoms with E-state index in [9.17, 15) is 0 Å². The quantitative estimate of drug-likeness (QED) is 0.358. The molecule has 0 saturated heterocycles. The maximum Gasteiger partial charge on any atom is 0.0459 e. The van der Waals surface area contributed by atoms with Crippen LogP contribution >= 0.6 is 0 Å². The van der Waals surface area contributed by atoms with Crippen LogP contribution in [0.2, 0.25) is 0 Å². The standard InChI is InChI=1S/C27H28N2/c1-26(2)18-12-13-27(26,3)24-22(17-14-28-19-10-6-4-8-15(17)19)25-21(23(18)24)16-9-5-7-11-20(16)29-25/h4-11,14,18,22-24,28-29H,12-13H2,1-3H3/t18-,22+,23-,24+,27+/m0/s1. The number of fused-ring (bicyclic) bond motifs is 10. The molecule has 29 heavy (non-hydrogen) atoms. The van der Waals surface area contributed by atoms with E-state index in [-0.39, 0.29) is 0 Å². The first-order chi connectivity index (χ1) is 14.0. The van der Waals surface area contributed by atoms with Crippen LogP contribution in [-0.4, -0.2) is 9.97 Å². The Morgan fingerprint density at radius 2 is 1.62 bits per heavy atom. The van der Waals surface area contributed by atoms with Crippen molar-refractivity contribution < 1.29 is 0 Å². The summed E-state index contributed by atoms with van der Waals surface area (Å²) in [6, 6.07) is 17.8. The number of aromatic amines is 2. The zero-order valence-corrected chi connectivity index (χ0v) is 17.4. The highest BCUT2D eigenvalue weighted by Crippen LogP contribution is 2.79. The van der Waals surface area contributed by atoms with E-state index in [0.717, 1.165) is 5.92 Å². The Morgan fingerprint density at radius 3 is 2.45 bits per heavy atom. The van der Waals surface area contributed by atoms with Gasteiger partial charge in [0.25, 0.3) is 0 Å². The summed E-state index contributed by atoms with van der Waals surface area (Å²) in [6.07, 6.45) is 5.05. The molecule has 2 heterocycles. The largest absolute Gasteiger partial charge is 0.361 e. The summed E-state index contributed by atoms with van der Waals surface area (Å²) in [5.74, 6) is 2.59. The van der Waals surface area contributed by atoms with E-state index in [1.54, 1.807) is 5.56 Å². The second kappa shape index (κ2) is 4.98. The fourth-order valence-electron chi connectivity index (χ4n) is 8.06. The second-order valence-corrected chi connectivity index (χ2v) is 10.6. The van der Waals surface area contributed by atoms with Crippen LogP contribution in [0.15, 0.2) is 54.7 Å². The van der Waals surface area contributed by atoms with Gasteiger partial charge in [-0.05, 0) is 64.7 Å². The first kappa shape index (κ1) is 16.3. The zero-order chi connectivity index (χ0) is 19.5. The van der Waals surface area contributed by atoms with Crippen molar-refractivity contribution in [1.29, 1.82) is 0 Å². The molecular weight excluding hydrogens is 352 g/mol. The molecule has 2 N–H and O–H groups in total. The number of benzene rings is 2. The second-order valence-electron chi connectivity index (χ2n) is 10.6. The number of hydrogen-bond acceptors (Lipinski definition) is 0. The van der Waals surface area contributed by atoms with E-state index in [1.165, 1.54) is 45.9 Å². The number of rotatable bonds is 1. The molecule has 3 aliphatic carbocycles. The third kappa shape index (κ3) is 1.69. The van der Waals surface area contributed by atoms with Gasteiger partial charge in [0, 0.05) is 39.6 Å². The minimum absolute atomic E-state index is 0.381. The van der Waals surface area contributed by atoms with Crippen molar-refractivity contribution in [3.05, 3.63) is 71.5 Å². The lowest BCUT2D eigenvalue weighted by Gasteiger charge is -2.42. The van der Waals surface area contributed by atoms with Gasteiger partial charge < -0.3 is 9.97 Å². The smallest absolute Gasteiger partial charge is 0.0459 e. The van der Waals surface area contributed by atoms with E-state index < -0.39 is 0 Å². The highest BCUT2D eigenvalue weighted by molar-refractivity contribution is 5.89. The van der Waals surface area contributed by atoms with E-state index in [1.807, 2.05) is 0 Å². The van der Waals surface area contributed by atoms with Gasteiger partial charge in [0.15, 0.2) is 0 Å². The minimum Gasteiger partial charge on any atom is -0.361 e. The SMILES string of the molecule is CC1(C)[C@H]2CC[C@]1(C)[C@@H]1[C@@H](c3c[nH]c4ccccc34)c3[nH]c4ccccc4c3[C@@H]12. The summed E-state index contributed by atoms with van der Waals surface area (Å²) in [4.78, 5) is 7.48. The summed E-state index contributed by atoms with van der Waals surface area (Å²) in [5, 5.41) is 2.86. The molecule has 2 bridgehead atoms. The molecule has 4 aromatic rings. The van der Waals surface area contributed by atoms with Gasteiger partial charge in [-0.15, -0.1) is 0 Å². The van der Waals surface area contributed by atoms with Crippen LogP contribution in [0.5, 0.6) is 0 Å². The van der Waals surface area contributed by atoms with Crippen molar-refractivity contribution >= 4 is 21.8 Å². The van der Waals surface area contributed by atoms with Gasteiger partial charge in [-0.2, -0.15) is 0 Å². The van der Waals surface area contributed by atoms with Gasteiger partial charge in [0.1, 0.15) is 0 Å². The Bertz CT molecular complexity index is 1290. The van der Waals surface area contributed by atoms with Crippen molar-refractivity contribution in [3.63, 3.8) is 0 Å². The summed E-state index contributed by atoms with van der Waals surface area (Å²) in [6.45, 7) is 7.72. The molecule has 0 aliphatic heterocycles. The molecule has 0 radical (unpaired) electrons. The molecule has 0 spiro atoms. The molecule has 0 amide bonds. The average Bonchev–Trinajstić information content (AvgIpc) is 3.45. The summed E-state index contributed by atoms with van der Waals surface area (Å²) >= 11 is 0. The summed E-state index contributed by atoms with van der Waals surface area (Å²) in [7, 11) is 0. The van der Waals surface area contributed by atoms with Crippen LogP contribution in [0.3, 0.4) is 0 Å². The molecule has 5 atom stereocenters. The fourth-order valence-corrected chi connectivity index (χ4v) is 8.06. The monoisotopic (exact) mass is 380 g/mol. The summed E-state index contributed by atoms with van der Waals surface area (Å²) < 4.78 is 0.